The highest BCUT2D eigenvalue weighted by atomic mass is 32.2. The number of amidine groups is 1. The molecule has 0 radical (unpaired) electrons. The lowest BCUT2D eigenvalue weighted by Crippen LogP contribution is -2.33. The Morgan fingerprint density at radius 1 is 1.09 bits per heavy atom. The zero-order chi connectivity index (χ0) is 24.8. The summed E-state index contributed by atoms with van der Waals surface area (Å²) in [7, 11) is 0. The fourth-order valence-corrected chi connectivity index (χ4v) is 4.67. The van der Waals surface area contributed by atoms with Crippen LogP contribution >= 0.6 is 11.8 Å². The number of anilines is 1. The molecule has 4 rings (SSSR count). The van der Waals surface area contributed by atoms with Gasteiger partial charge in [0.25, 0.3) is 5.69 Å². The summed E-state index contributed by atoms with van der Waals surface area (Å²) in [5, 5.41) is 13.6. The van der Waals surface area contributed by atoms with E-state index in [0.29, 0.717) is 34.6 Å². The minimum atomic E-state index is -0.642. The molecule has 1 saturated heterocycles. The Morgan fingerprint density at radius 2 is 1.83 bits per heavy atom. The molecule has 2 amide bonds. The molecule has 0 saturated carbocycles. The van der Waals surface area contributed by atoms with Gasteiger partial charge in [0.2, 0.25) is 11.8 Å². The minimum Gasteiger partial charge on any atom is -0.457 e. The van der Waals surface area contributed by atoms with Crippen LogP contribution in [0.15, 0.2) is 83.9 Å². The second-order valence-electron chi connectivity index (χ2n) is 7.56. The molecule has 0 bridgehead atoms. The normalized spacial score (nSPS) is 16.4. The molecule has 3 aromatic rings. The zero-order valence-corrected chi connectivity index (χ0v) is 19.6. The Bertz CT molecular complexity index is 1280. The van der Waals surface area contributed by atoms with Crippen molar-refractivity contribution in [2.24, 2.45) is 4.99 Å². The van der Waals surface area contributed by atoms with Crippen LogP contribution in [-0.2, 0) is 9.59 Å². The van der Waals surface area contributed by atoms with Gasteiger partial charge in [-0.1, -0.05) is 42.1 Å². The Hall–Kier alpha value is -4.18. The standard InChI is InChI=1S/C25H22N4O5S/c1-2-28-24(31)22(35-25(28)27-17-8-6-10-19(14-17)29(32)33)16-23(30)26-18-9-7-13-21(15-18)34-20-11-4-3-5-12-20/h3-15,22H,2,16H2,1H3,(H,26,30). The van der Waals surface area contributed by atoms with Gasteiger partial charge in [-0.3, -0.25) is 24.6 Å². The molecular formula is C25H22N4O5S. The van der Waals surface area contributed by atoms with Gasteiger partial charge in [-0.15, -0.1) is 0 Å². The van der Waals surface area contributed by atoms with E-state index in [9.17, 15) is 19.7 Å². The third-order valence-electron chi connectivity index (χ3n) is 5.07. The first-order chi connectivity index (χ1) is 16.9. The van der Waals surface area contributed by atoms with Crippen LogP contribution in [0.4, 0.5) is 17.1 Å². The van der Waals surface area contributed by atoms with Gasteiger partial charge in [-0.25, -0.2) is 4.99 Å². The van der Waals surface area contributed by atoms with Crippen molar-refractivity contribution in [2.45, 2.75) is 18.6 Å². The lowest BCUT2D eigenvalue weighted by molar-refractivity contribution is -0.384. The lowest BCUT2D eigenvalue weighted by atomic mass is 10.2. The van der Waals surface area contributed by atoms with Crippen LogP contribution < -0.4 is 10.1 Å². The molecule has 1 aliphatic heterocycles. The number of nitrogens with one attached hydrogen (secondary N) is 1. The number of nitro groups is 1. The first-order valence-electron chi connectivity index (χ1n) is 10.9. The SMILES string of the molecule is CCN1C(=O)C(CC(=O)Nc2cccc(Oc3ccccc3)c2)SC1=Nc1cccc([N+](=O)[O-])c1. The van der Waals surface area contributed by atoms with Crippen molar-refractivity contribution >= 4 is 45.8 Å². The van der Waals surface area contributed by atoms with Crippen LogP contribution in [0.5, 0.6) is 11.5 Å². The Morgan fingerprint density at radius 3 is 2.57 bits per heavy atom. The fourth-order valence-electron chi connectivity index (χ4n) is 3.45. The number of carbonyl (C=O) groups is 2. The largest absolute Gasteiger partial charge is 0.457 e. The topological polar surface area (TPSA) is 114 Å². The van der Waals surface area contributed by atoms with Gasteiger partial charge in [-0.2, -0.15) is 0 Å². The smallest absolute Gasteiger partial charge is 0.271 e. The maximum absolute atomic E-state index is 12.9. The number of nitro benzene ring substituents is 1. The van der Waals surface area contributed by atoms with Gasteiger partial charge >= 0.3 is 0 Å². The second-order valence-corrected chi connectivity index (χ2v) is 8.73. The van der Waals surface area contributed by atoms with Crippen molar-refractivity contribution in [1.29, 1.82) is 0 Å². The summed E-state index contributed by atoms with van der Waals surface area (Å²) < 4.78 is 5.80. The molecular weight excluding hydrogens is 468 g/mol. The number of ether oxygens (including phenoxy) is 1. The van der Waals surface area contributed by atoms with Gasteiger partial charge in [0, 0.05) is 36.9 Å². The predicted molar refractivity (Wildman–Crippen MR) is 135 cm³/mol. The quantitative estimate of drug-likeness (QED) is 0.335. The average Bonchev–Trinajstić information content (AvgIpc) is 3.13. The van der Waals surface area contributed by atoms with Crippen LogP contribution in [0.3, 0.4) is 0 Å². The molecule has 0 aliphatic carbocycles. The molecule has 1 heterocycles. The third kappa shape index (κ3) is 6.04. The first-order valence-corrected chi connectivity index (χ1v) is 11.7. The van der Waals surface area contributed by atoms with Crippen molar-refractivity contribution in [2.75, 3.05) is 11.9 Å². The van der Waals surface area contributed by atoms with Crippen molar-refractivity contribution in [3.8, 4) is 11.5 Å². The molecule has 9 nitrogen and oxygen atoms in total. The number of nitrogens with zero attached hydrogens (tertiary/aromatic N) is 3. The van der Waals surface area contributed by atoms with Gasteiger partial charge in [0.1, 0.15) is 16.7 Å². The molecule has 1 unspecified atom stereocenters. The first kappa shape index (κ1) is 24.0. The van der Waals surface area contributed by atoms with Gasteiger partial charge in [-0.05, 0) is 37.3 Å². The van der Waals surface area contributed by atoms with Crippen LogP contribution in [0.2, 0.25) is 0 Å². The van der Waals surface area contributed by atoms with E-state index in [-0.39, 0.29) is 23.9 Å². The van der Waals surface area contributed by atoms with Crippen LogP contribution in [0, 0.1) is 10.1 Å². The average molecular weight is 491 g/mol. The van der Waals surface area contributed by atoms with Gasteiger partial charge < -0.3 is 10.1 Å². The minimum absolute atomic E-state index is 0.0439. The highest BCUT2D eigenvalue weighted by molar-refractivity contribution is 8.15. The van der Waals surface area contributed by atoms with E-state index in [1.807, 2.05) is 37.3 Å². The second kappa shape index (κ2) is 10.8. The Labute approximate surface area is 206 Å². The highest BCUT2D eigenvalue weighted by Gasteiger charge is 2.38. The Kier molecular flexibility index (Phi) is 7.41. The van der Waals surface area contributed by atoms with Crippen molar-refractivity contribution in [3.63, 3.8) is 0 Å². The molecule has 1 aliphatic rings. The number of thioether (sulfide) groups is 1. The molecule has 1 fully saturated rings. The van der Waals surface area contributed by atoms with E-state index >= 15 is 0 Å². The predicted octanol–water partition coefficient (Wildman–Crippen LogP) is 5.37. The molecule has 35 heavy (non-hydrogen) atoms. The summed E-state index contributed by atoms with van der Waals surface area (Å²) in [5.74, 6) is 0.710. The molecule has 0 spiro atoms. The number of hydrogen-bond donors (Lipinski definition) is 1. The number of carbonyl (C=O) groups excluding carboxylic acids is 2. The molecule has 0 aromatic heterocycles. The van der Waals surface area contributed by atoms with E-state index < -0.39 is 10.2 Å². The van der Waals surface area contributed by atoms with Crippen LogP contribution in [-0.4, -0.2) is 38.6 Å². The number of non-ortho nitro benzene ring substituents is 1. The number of hydrogen-bond acceptors (Lipinski definition) is 7. The summed E-state index contributed by atoms with van der Waals surface area (Å²) in [6.45, 7) is 2.18. The highest BCUT2D eigenvalue weighted by Crippen LogP contribution is 2.32. The van der Waals surface area contributed by atoms with Gasteiger partial charge in [0.05, 0.1) is 10.6 Å². The van der Waals surface area contributed by atoms with E-state index in [1.165, 1.54) is 34.9 Å². The van der Waals surface area contributed by atoms with Crippen molar-refractivity contribution < 1.29 is 19.2 Å². The van der Waals surface area contributed by atoms with E-state index in [2.05, 4.69) is 10.3 Å². The molecule has 1 N–H and O–H groups in total. The molecule has 10 heteroatoms. The van der Waals surface area contributed by atoms with Gasteiger partial charge in [0.15, 0.2) is 5.17 Å². The number of para-hydroxylation sites is 1. The van der Waals surface area contributed by atoms with E-state index in [0.717, 1.165) is 0 Å². The summed E-state index contributed by atoms with van der Waals surface area (Å²) in [6, 6.07) is 22.2. The van der Waals surface area contributed by atoms with Crippen molar-refractivity contribution in [1.82, 2.24) is 4.90 Å². The number of rotatable bonds is 8. The third-order valence-corrected chi connectivity index (χ3v) is 6.24. The Balaban J connectivity index is 1.42. The molecule has 178 valence electrons. The van der Waals surface area contributed by atoms with E-state index in [1.54, 1.807) is 30.3 Å². The molecule has 1 atom stereocenters. The lowest BCUT2D eigenvalue weighted by Gasteiger charge is -2.13. The number of aliphatic imine (C=N–C) groups is 1. The number of benzene rings is 3. The van der Waals surface area contributed by atoms with Crippen LogP contribution in [0.25, 0.3) is 0 Å². The van der Waals surface area contributed by atoms with Crippen LogP contribution in [0.1, 0.15) is 13.3 Å². The summed E-state index contributed by atoms with van der Waals surface area (Å²) in [6.07, 6.45) is -0.0439. The fraction of sp³-hybridized carbons (Fsp3) is 0.160. The molecule has 3 aromatic carbocycles. The monoisotopic (exact) mass is 490 g/mol. The summed E-state index contributed by atoms with van der Waals surface area (Å²) in [5.41, 5.74) is 0.837. The maximum Gasteiger partial charge on any atom is 0.271 e. The van der Waals surface area contributed by atoms with Crippen molar-refractivity contribution in [3.05, 3.63) is 89.0 Å². The number of amides is 2. The zero-order valence-electron chi connectivity index (χ0n) is 18.8. The van der Waals surface area contributed by atoms with E-state index in [4.69, 9.17) is 4.74 Å². The maximum atomic E-state index is 12.9. The summed E-state index contributed by atoms with van der Waals surface area (Å²) >= 11 is 1.18. The summed E-state index contributed by atoms with van der Waals surface area (Å²) in [4.78, 5) is 42.0.